The van der Waals surface area contributed by atoms with Gasteiger partial charge in [0.1, 0.15) is 90.3 Å². The Morgan fingerprint density at radius 2 is 1.11 bits per heavy atom. The van der Waals surface area contributed by atoms with Crippen LogP contribution in [-0.2, 0) is 107 Å². The van der Waals surface area contributed by atoms with Gasteiger partial charge in [-0.1, -0.05) is 102 Å². The minimum Gasteiger partial charge on any atom is -0.508 e. The maximum atomic E-state index is 15.8. The molecule has 3 aliphatic heterocycles. The molecule has 42 nitrogen and oxygen atoms in total. The van der Waals surface area contributed by atoms with Gasteiger partial charge in [-0.2, -0.15) is 0 Å². The number of nitrogens with one attached hydrogen (secondary N) is 13. The van der Waals surface area contributed by atoms with Crippen LogP contribution in [0.15, 0.2) is 97.7 Å². The summed E-state index contributed by atoms with van der Waals surface area (Å²) in [7, 11) is 3.94. The summed E-state index contributed by atoms with van der Waals surface area (Å²) < 4.78 is 0. The molecule has 132 heavy (non-hydrogen) atoms. The quantitative estimate of drug-likeness (QED) is 0.0304. The molecule has 21 N–H and O–H groups in total. The Morgan fingerprint density at radius 1 is 0.568 bits per heavy atom. The van der Waals surface area contributed by atoms with E-state index in [0.29, 0.717) is 64.2 Å². The third kappa shape index (κ3) is 27.5. The first-order valence-corrected chi connectivity index (χ1v) is 45.4. The minimum absolute atomic E-state index is 0.00472. The van der Waals surface area contributed by atoms with E-state index in [1.807, 2.05) is 13.8 Å². The molecule has 0 aliphatic carbocycles. The Morgan fingerprint density at radius 3 is 1.70 bits per heavy atom. The standard InChI is InChI=1S/C89H123N21O21S/c1-9-11-22-68-81(123)103-66(44-111)80(122)104-67(77(119)95-42-72(91)114)45-132-46-73(115)97-64(34-50-25-27-54(112)28-26-50)85(127)106(6)49(5)76(118)98-61(31-32-90)87(129)109-33-17-24-69(109)82(124)101-63(37-53-41-92-47-96-53)78(120)99-60(29-30-74(116)117)88(130)110-43-55(113)38-71(110)83(125)100-62(35-51-39-93-58-20-15-13-18-56(51)58)79(121)105-75(48(3)4)84(126)102-65(36-52-40-94-59-21-16-14-19-57(52)59)86(128)108(8)70(23-12-10-2)89(131)107(68)7/h13-16,18-21,25-28,39-41,47-49,55,60-71,75,93-94,111-113H,9-12,17,22-24,29-38,42-46,90H2,1-8H3,(H2,91,114)(H,92,96)(H,95,119)(H,97,115)(H,98,118)(H,99,120)(H,100,125)(H,101,124)(H,102,126)(H,103,123)(H,104,122)(H,105,121)(H,116,117)/t49-,55+,60-,61-,62-,63-,64-,65-,66-,67-,68-,69-,70-,71-,75-/m0/s1. The summed E-state index contributed by atoms with van der Waals surface area (Å²) in [4.78, 5) is 267. The Hall–Kier alpha value is -13.0. The fourth-order valence-electron chi connectivity index (χ4n) is 16.3. The number of fused-ring (bicyclic) bond motifs is 4. The van der Waals surface area contributed by atoms with E-state index in [0.717, 1.165) is 31.4 Å². The number of primary amides is 1. The zero-order chi connectivity index (χ0) is 96.3. The highest BCUT2D eigenvalue weighted by atomic mass is 32.2. The molecule has 3 aromatic carbocycles. The largest absolute Gasteiger partial charge is 0.508 e. The molecule has 0 spiro atoms. The van der Waals surface area contributed by atoms with Crippen LogP contribution in [0, 0.1) is 5.92 Å². The molecule has 15 atom stereocenters. The Bertz CT molecular complexity index is 5090. The number of para-hydroxylation sites is 2. The van der Waals surface area contributed by atoms with Gasteiger partial charge in [0.05, 0.1) is 37.0 Å². The number of unbranched alkanes of at least 4 members (excludes halogenated alkanes) is 2. The smallest absolute Gasteiger partial charge is 0.303 e. The number of aliphatic carboxylic acids is 1. The van der Waals surface area contributed by atoms with Crippen LogP contribution in [0.25, 0.3) is 21.8 Å². The van der Waals surface area contributed by atoms with Crippen LogP contribution in [0.1, 0.15) is 134 Å². The first-order chi connectivity index (χ1) is 62.9. The molecule has 6 aromatic rings. The van der Waals surface area contributed by atoms with Crippen molar-refractivity contribution in [3.8, 4) is 5.75 Å². The number of aliphatic hydroxyl groups excluding tert-OH is 2. The topological polar surface area (TPSA) is 620 Å². The van der Waals surface area contributed by atoms with Crippen LogP contribution in [0.4, 0.5) is 0 Å². The van der Waals surface area contributed by atoms with Gasteiger partial charge in [-0.05, 0) is 98.9 Å². The number of imidazole rings is 1. The van der Waals surface area contributed by atoms with Crippen molar-refractivity contribution < 1.29 is 102 Å². The average Bonchev–Trinajstić information content (AvgIpc) is 1.57. The number of carbonyl (C=O) groups is 17. The van der Waals surface area contributed by atoms with Crippen LogP contribution in [0.3, 0.4) is 0 Å². The molecule has 6 heterocycles. The molecule has 3 aliphatic rings. The molecule has 3 fully saturated rings. The lowest BCUT2D eigenvalue weighted by Crippen LogP contribution is -2.62. The van der Waals surface area contributed by atoms with Gasteiger partial charge in [0, 0.05) is 119 Å². The Balaban J connectivity index is 1.09. The van der Waals surface area contributed by atoms with Crippen molar-refractivity contribution in [1.82, 2.24) is 97.6 Å². The van der Waals surface area contributed by atoms with Gasteiger partial charge in [0.25, 0.3) is 0 Å². The van der Waals surface area contributed by atoms with E-state index in [2.05, 4.69) is 73.1 Å². The van der Waals surface area contributed by atoms with Crippen molar-refractivity contribution in [1.29, 1.82) is 0 Å². The van der Waals surface area contributed by atoms with E-state index in [4.69, 9.17) is 11.5 Å². The number of H-pyrrole nitrogens is 3. The number of aromatic hydroxyl groups is 1. The van der Waals surface area contributed by atoms with Gasteiger partial charge >= 0.3 is 5.97 Å². The molecule has 716 valence electrons. The van der Waals surface area contributed by atoms with Crippen molar-refractivity contribution in [3.63, 3.8) is 0 Å². The van der Waals surface area contributed by atoms with Crippen molar-refractivity contribution in [2.75, 3.05) is 65.4 Å². The highest BCUT2D eigenvalue weighted by Gasteiger charge is 2.47. The van der Waals surface area contributed by atoms with Crippen LogP contribution in [0.2, 0.25) is 0 Å². The molecular weight excluding hydrogens is 1730 g/mol. The SMILES string of the molecule is CCCC[C@H]1C(=O)N(C)[C@@H](CCCC)C(=O)N[C@@H](CO)C(=O)N[C@H](C(=O)NCC(N)=O)CSCC(=O)N[C@@H](Cc2ccc(O)cc2)C(=O)N(C)[C@@H](C)C(=O)N[C@@H](CCN)C(=O)N2CCC[C@H]2C(=O)N[C@@H](Cc2c[nH]cn2)C(=O)N[C@@H](CCC(=O)O)C(=O)N2C[C@H](O)C[C@H]2C(=O)N[C@@H](Cc2c[nH]c3ccccc23)C(=O)N[C@@H](C(C)C)C(=O)N[C@@H](Cc2c[nH]c3ccccc23)C(=O)N1C. The second-order valence-electron chi connectivity index (χ2n) is 33.9. The van der Waals surface area contributed by atoms with Gasteiger partial charge in [-0.3, -0.25) is 81.5 Å². The van der Waals surface area contributed by atoms with E-state index in [-0.39, 0.29) is 82.3 Å². The lowest BCUT2D eigenvalue weighted by Gasteiger charge is -2.36. The molecule has 3 aromatic heterocycles. The van der Waals surface area contributed by atoms with E-state index in [1.165, 1.54) is 69.8 Å². The highest BCUT2D eigenvalue weighted by molar-refractivity contribution is 8.00. The van der Waals surface area contributed by atoms with Gasteiger partial charge in [0.2, 0.25) is 94.5 Å². The number of aliphatic hydroxyl groups is 2. The molecule has 3 saturated heterocycles. The summed E-state index contributed by atoms with van der Waals surface area (Å²) in [5.41, 5.74) is 14.4. The first kappa shape index (κ1) is 103. The summed E-state index contributed by atoms with van der Waals surface area (Å²) >= 11 is 0.750. The number of carboxylic acids is 1. The van der Waals surface area contributed by atoms with Gasteiger partial charge in [0.15, 0.2) is 0 Å². The number of phenols is 1. The predicted octanol–water partition coefficient (Wildman–Crippen LogP) is -2.24. The third-order valence-electron chi connectivity index (χ3n) is 23.9. The maximum Gasteiger partial charge on any atom is 0.303 e. The molecule has 0 unspecified atom stereocenters. The summed E-state index contributed by atoms with van der Waals surface area (Å²) in [6, 6.07) is -1.88. The molecule has 0 radical (unpaired) electrons. The lowest BCUT2D eigenvalue weighted by molar-refractivity contribution is -0.149. The fraction of sp³-hybridized carbons (Fsp3) is 0.528. The molecule has 9 rings (SSSR count). The average molecular weight is 1860 g/mol. The number of hydrogen-bond donors (Lipinski definition) is 19. The van der Waals surface area contributed by atoms with Gasteiger partial charge in [-0.25, -0.2) is 4.98 Å². The van der Waals surface area contributed by atoms with E-state index in [9.17, 15) is 68.4 Å². The van der Waals surface area contributed by atoms with Crippen molar-refractivity contribution in [3.05, 3.63) is 120 Å². The highest BCUT2D eigenvalue weighted by Crippen LogP contribution is 2.28. The third-order valence-corrected chi connectivity index (χ3v) is 25.0. The summed E-state index contributed by atoms with van der Waals surface area (Å²) in [6.45, 7) is 5.60. The number of amides is 16. The predicted molar refractivity (Wildman–Crippen MR) is 483 cm³/mol. The monoisotopic (exact) mass is 1850 g/mol. The van der Waals surface area contributed by atoms with Gasteiger partial charge in [-0.15, -0.1) is 11.8 Å². The molecule has 16 amide bonds. The van der Waals surface area contributed by atoms with Crippen molar-refractivity contribution in [2.45, 2.75) is 228 Å². The van der Waals surface area contributed by atoms with Gasteiger partial charge < -0.3 is 125 Å². The number of carboxylic acid groups (broad SMARTS) is 1. The zero-order valence-corrected chi connectivity index (χ0v) is 76.0. The Kier molecular flexibility index (Phi) is 37.9. The van der Waals surface area contributed by atoms with Crippen LogP contribution in [-0.4, -0.2) is 321 Å². The normalized spacial score (nSPS) is 25.1. The minimum atomic E-state index is -1.84. The number of carbonyl (C=O) groups excluding carboxylic acids is 16. The number of nitrogens with zero attached hydrogens (tertiary/aromatic N) is 6. The Labute approximate surface area is 766 Å². The molecule has 43 heteroatoms. The number of aromatic amines is 3. The van der Waals surface area contributed by atoms with E-state index < -0.39 is 248 Å². The van der Waals surface area contributed by atoms with Crippen LogP contribution < -0.4 is 64.6 Å². The number of phenolic OH excluding ortho intramolecular Hbond substituents is 1. The summed E-state index contributed by atoms with van der Waals surface area (Å²) in [5, 5.41) is 70.2. The second-order valence-corrected chi connectivity index (χ2v) is 34.9. The number of rotatable bonds is 24. The summed E-state index contributed by atoms with van der Waals surface area (Å²) in [5.74, 6) is -18.2. The molecular formula is C89H123N21O21S. The number of benzene rings is 3. The molecule has 0 bridgehead atoms. The number of nitrogens with two attached hydrogens (primary N) is 2. The number of thioether (sulfide) groups is 1. The number of hydrogen-bond acceptors (Lipinski definition) is 23. The van der Waals surface area contributed by atoms with E-state index >= 15 is 33.6 Å². The number of likely N-dealkylation sites (N-methyl/N-ethyl adjacent to an activating group) is 3. The van der Waals surface area contributed by atoms with Crippen LogP contribution in [0.5, 0.6) is 5.75 Å². The first-order valence-electron chi connectivity index (χ1n) is 44.3. The lowest BCUT2D eigenvalue weighted by atomic mass is 9.98. The zero-order valence-electron chi connectivity index (χ0n) is 75.2. The van der Waals surface area contributed by atoms with Crippen molar-refractivity contribution in [2.24, 2.45) is 17.4 Å². The fourth-order valence-corrected chi connectivity index (χ4v) is 17.2. The van der Waals surface area contributed by atoms with Crippen molar-refractivity contribution >= 4 is 134 Å². The van der Waals surface area contributed by atoms with E-state index in [1.54, 1.807) is 74.8 Å². The maximum absolute atomic E-state index is 15.8. The second kappa shape index (κ2) is 48.7. The van der Waals surface area contributed by atoms with Crippen LogP contribution >= 0.6 is 11.8 Å². The summed E-state index contributed by atoms with van der Waals surface area (Å²) in [6.07, 6.45) is 3.25. The molecule has 0 saturated carbocycles. The number of aromatic nitrogens is 4.